The smallest absolute Gasteiger partial charge is 0.0122 e. The maximum atomic E-state index is 2.25. The van der Waals surface area contributed by atoms with E-state index in [9.17, 15) is 0 Å². The van der Waals surface area contributed by atoms with Crippen molar-refractivity contribution in [2.45, 2.75) is 76.0 Å². The second-order valence-corrected chi connectivity index (χ2v) is 8.80. The van der Waals surface area contributed by atoms with Crippen molar-refractivity contribution in [1.29, 1.82) is 0 Å². The molecule has 0 aliphatic carbocycles. The van der Waals surface area contributed by atoms with E-state index < -0.39 is 0 Å². The lowest BCUT2D eigenvalue weighted by Gasteiger charge is -2.19. The first-order valence-electron chi connectivity index (χ1n) is 8.55. The average molecular weight is 329 g/mol. The highest BCUT2D eigenvalue weighted by Gasteiger charge is 2.14. The van der Waals surface area contributed by atoms with E-state index in [0.717, 1.165) is 0 Å². The maximum Gasteiger partial charge on any atom is 0.0122 e. The summed E-state index contributed by atoms with van der Waals surface area (Å²) in [5.41, 5.74) is 3.21. The molecular formula is C22H32S. The molecule has 0 atom stereocenters. The van der Waals surface area contributed by atoms with Gasteiger partial charge in [0.2, 0.25) is 0 Å². The first kappa shape index (κ1) is 19.8. The van der Waals surface area contributed by atoms with Crippen LogP contribution in [-0.2, 0) is 10.8 Å². The van der Waals surface area contributed by atoms with Crippen molar-refractivity contribution in [3.05, 3.63) is 59.7 Å². The second kappa shape index (κ2) is 8.06. The van der Waals surface area contributed by atoms with E-state index in [1.165, 1.54) is 20.9 Å². The molecule has 0 unspecified atom stereocenters. The quantitative estimate of drug-likeness (QED) is 0.551. The van der Waals surface area contributed by atoms with E-state index >= 15 is 0 Å². The van der Waals surface area contributed by atoms with Crippen LogP contribution in [0.15, 0.2) is 58.3 Å². The van der Waals surface area contributed by atoms with Gasteiger partial charge in [-0.2, -0.15) is 0 Å². The average Bonchev–Trinajstić information content (AvgIpc) is 2.48. The third kappa shape index (κ3) is 6.06. The van der Waals surface area contributed by atoms with Gasteiger partial charge in [-0.3, -0.25) is 0 Å². The summed E-state index contributed by atoms with van der Waals surface area (Å²) < 4.78 is 0. The van der Waals surface area contributed by atoms with Crippen LogP contribution < -0.4 is 0 Å². The Morgan fingerprint density at radius 3 is 1.00 bits per heavy atom. The summed E-state index contributed by atoms with van der Waals surface area (Å²) in [7, 11) is 0. The van der Waals surface area contributed by atoms with Crippen LogP contribution in [-0.4, -0.2) is 0 Å². The highest BCUT2D eigenvalue weighted by Crippen LogP contribution is 2.32. The third-order valence-electron chi connectivity index (χ3n) is 3.68. The van der Waals surface area contributed by atoms with Gasteiger partial charge in [0.1, 0.15) is 0 Å². The number of rotatable bonds is 2. The van der Waals surface area contributed by atoms with Gasteiger partial charge in [0.15, 0.2) is 0 Å². The molecule has 0 aliphatic heterocycles. The van der Waals surface area contributed by atoms with Gasteiger partial charge in [0.25, 0.3) is 0 Å². The molecule has 0 fully saturated rings. The van der Waals surface area contributed by atoms with Crippen LogP contribution in [0.2, 0.25) is 0 Å². The molecule has 0 heterocycles. The van der Waals surface area contributed by atoms with Crippen molar-refractivity contribution < 1.29 is 0 Å². The van der Waals surface area contributed by atoms with Crippen LogP contribution in [0, 0.1) is 0 Å². The van der Waals surface area contributed by atoms with Crippen LogP contribution in [0.3, 0.4) is 0 Å². The third-order valence-corrected chi connectivity index (χ3v) is 4.69. The molecule has 23 heavy (non-hydrogen) atoms. The number of hydrogen-bond donors (Lipinski definition) is 0. The van der Waals surface area contributed by atoms with Crippen molar-refractivity contribution in [2.24, 2.45) is 0 Å². The van der Waals surface area contributed by atoms with Crippen LogP contribution in [0.5, 0.6) is 0 Å². The highest BCUT2D eigenvalue weighted by atomic mass is 32.2. The first-order chi connectivity index (χ1) is 10.7. The maximum absolute atomic E-state index is 2.25. The Morgan fingerprint density at radius 2 is 0.783 bits per heavy atom. The molecule has 2 aromatic rings. The van der Waals surface area contributed by atoms with Crippen molar-refractivity contribution in [3.8, 4) is 0 Å². The molecule has 2 aromatic carbocycles. The Bertz CT molecular complexity index is 522. The second-order valence-electron chi connectivity index (χ2n) is 7.65. The predicted octanol–water partition coefficient (Wildman–Crippen LogP) is 7.46. The molecule has 2 rings (SSSR count). The van der Waals surface area contributed by atoms with Gasteiger partial charge >= 0.3 is 0 Å². The van der Waals surface area contributed by atoms with Gasteiger partial charge in [-0.15, -0.1) is 0 Å². The van der Waals surface area contributed by atoms with Gasteiger partial charge < -0.3 is 0 Å². The Morgan fingerprint density at radius 1 is 0.522 bits per heavy atom. The minimum Gasteiger partial charge on any atom is -0.0901 e. The fraction of sp³-hybridized carbons (Fsp3) is 0.455. The SMILES string of the molecule is CC.CC(C)(C)c1ccc(Sc2ccc(C(C)(C)C)cc2)cc1. The van der Waals surface area contributed by atoms with Crippen molar-refractivity contribution in [1.82, 2.24) is 0 Å². The Balaban J connectivity index is 0.00000127. The molecule has 0 amide bonds. The van der Waals surface area contributed by atoms with Gasteiger partial charge in [0, 0.05) is 9.79 Å². The number of benzene rings is 2. The zero-order valence-electron chi connectivity index (χ0n) is 16.0. The lowest BCUT2D eigenvalue weighted by molar-refractivity contribution is 0.589. The lowest BCUT2D eigenvalue weighted by Crippen LogP contribution is -2.10. The summed E-state index contributed by atoms with van der Waals surface area (Å²) in [5, 5.41) is 0. The van der Waals surface area contributed by atoms with E-state index in [1.54, 1.807) is 0 Å². The minimum absolute atomic E-state index is 0.220. The monoisotopic (exact) mass is 328 g/mol. The minimum atomic E-state index is 0.220. The normalized spacial score (nSPS) is 11.7. The zero-order valence-corrected chi connectivity index (χ0v) is 16.8. The van der Waals surface area contributed by atoms with E-state index in [-0.39, 0.29) is 10.8 Å². The Labute approximate surface area is 147 Å². The van der Waals surface area contributed by atoms with Gasteiger partial charge in [-0.25, -0.2) is 0 Å². The van der Waals surface area contributed by atoms with Crippen LogP contribution in [0.4, 0.5) is 0 Å². The molecule has 0 spiro atoms. The van der Waals surface area contributed by atoms with Crippen molar-refractivity contribution >= 4 is 11.8 Å². The van der Waals surface area contributed by atoms with E-state index in [2.05, 4.69) is 90.1 Å². The summed E-state index contributed by atoms with van der Waals surface area (Å²) in [4.78, 5) is 2.60. The predicted molar refractivity (Wildman–Crippen MR) is 106 cm³/mol. The van der Waals surface area contributed by atoms with Crippen molar-refractivity contribution in [2.75, 3.05) is 0 Å². The summed E-state index contributed by atoms with van der Waals surface area (Å²) in [6.07, 6.45) is 0. The molecule has 1 heteroatoms. The molecular weight excluding hydrogens is 296 g/mol. The van der Waals surface area contributed by atoms with Crippen LogP contribution in [0.1, 0.15) is 66.5 Å². The molecule has 0 radical (unpaired) electrons. The molecule has 126 valence electrons. The van der Waals surface area contributed by atoms with E-state index in [1.807, 2.05) is 25.6 Å². The topological polar surface area (TPSA) is 0 Å². The fourth-order valence-corrected chi connectivity index (χ4v) is 3.00. The summed E-state index contributed by atoms with van der Waals surface area (Å²) in [5.74, 6) is 0. The summed E-state index contributed by atoms with van der Waals surface area (Å²) in [6, 6.07) is 17.9. The molecule has 0 saturated heterocycles. The Hall–Kier alpha value is -1.21. The number of hydrogen-bond acceptors (Lipinski definition) is 1. The van der Waals surface area contributed by atoms with E-state index in [0.29, 0.717) is 0 Å². The van der Waals surface area contributed by atoms with Crippen LogP contribution in [0.25, 0.3) is 0 Å². The first-order valence-corrected chi connectivity index (χ1v) is 9.37. The lowest BCUT2D eigenvalue weighted by atomic mass is 9.87. The molecule has 0 bridgehead atoms. The van der Waals surface area contributed by atoms with E-state index in [4.69, 9.17) is 0 Å². The fourth-order valence-electron chi connectivity index (χ4n) is 2.18. The summed E-state index contributed by atoms with van der Waals surface area (Å²) >= 11 is 1.83. The van der Waals surface area contributed by atoms with Gasteiger partial charge in [-0.1, -0.05) is 91.4 Å². The van der Waals surface area contributed by atoms with Gasteiger partial charge in [-0.05, 0) is 46.2 Å². The highest BCUT2D eigenvalue weighted by molar-refractivity contribution is 7.99. The largest absolute Gasteiger partial charge is 0.0901 e. The standard InChI is InChI=1S/C20H26S.C2H6/c1-19(2,3)15-7-11-17(12-8-15)21-18-13-9-16(10-14-18)20(4,5)6;1-2/h7-14H,1-6H3;1-2H3. The summed E-state index contributed by atoms with van der Waals surface area (Å²) in [6.45, 7) is 17.5. The molecule has 0 N–H and O–H groups in total. The molecule has 0 aliphatic rings. The van der Waals surface area contributed by atoms with Crippen molar-refractivity contribution in [3.63, 3.8) is 0 Å². The Kier molecular flexibility index (Phi) is 6.95. The van der Waals surface area contributed by atoms with Gasteiger partial charge in [0.05, 0.1) is 0 Å². The molecule has 0 saturated carbocycles. The molecule has 0 nitrogen and oxygen atoms in total. The van der Waals surface area contributed by atoms with Crippen LogP contribution >= 0.6 is 11.8 Å². The molecule has 0 aromatic heterocycles. The zero-order chi connectivity index (χ0) is 17.7.